The number of rotatable bonds is 3. The van der Waals surface area contributed by atoms with Gasteiger partial charge >= 0.3 is 0 Å². The van der Waals surface area contributed by atoms with E-state index in [1.165, 1.54) is 0 Å². The molecule has 0 spiro atoms. The van der Waals surface area contributed by atoms with Gasteiger partial charge in [0.25, 0.3) is 5.91 Å². The van der Waals surface area contributed by atoms with Gasteiger partial charge < -0.3 is 5.32 Å². The number of carbonyl (C=O) groups excluding carboxylic acids is 1. The molecule has 0 aliphatic heterocycles. The van der Waals surface area contributed by atoms with E-state index >= 15 is 0 Å². The van der Waals surface area contributed by atoms with Crippen LogP contribution in [0.1, 0.15) is 28.4 Å². The molecule has 0 radical (unpaired) electrons. The fourth-order valence-corrected chi connectivity index (χ4v) is 3.00. The van der Waals surface area contributed by atoms with Gasteiger partial charge in [0, 0.05) is 15.5 Å². The van der Waals surface area contributed by atoms with Crippen molar-refractivity contribution >= 4 is 38.9 Å². The van der Waals surface area contributed by atoms with Crippen LogP contribution in [0, 0.1) is 6.92 Å². The van der Waals surface area contributed by atoms with E-state index in [-0.39, 0.29) is 5.91 Å². The molecule has 1 heterocycles. The largest absolute Gasteiger partial charge is 0.322 e. The zero-order valence-corrected chi connectivity index (χ0v) is 12.7. The van der Waals surface area contributed by atoms with Gasteiger partial charge in [0.15, 0.2) is 0 Å². The zero-order valence-electron chi connectivity index (χ0n) is 10.3. The lowest BCUT2D eigenvalue weighted by Crippen LogP contribution is -2.13. The number of hydrogen-bond acceptors (Lipinski definition) is 2. The van der Waals surface area contributed by atoms with Crippen molar-refractivity contribution in [3.8, 4) is 0 Å². The van der Waals surface area contributed by atoms with E-state index < -0.39 is 0 Å². The highest BCUT2D eigenvalue weighted by molar-refractivity contribution is 9.10. The second kappa shape index (κ2) is 5.67. The van der Waals surface area contributed by atoms with Crippen molar-refractivity contribution in [2.45, 2.75) is 20.3 Å². The lowest BCUT2D eigenvalue weighted by Gasteiger charge is -2.10. The number of carbonyl (C=O) groups is 1. The lowest BCUT2D eigenvalue weighted by molar-refractivity contribution is 0.102. The van der Waals surface area contributed by atoms with Crippen LogP contribution in [0.3, 0.4) is 0 Å². The Morgan fingerprint density at radius 3 is 2.78 bits per heavy atom. The number of aryl methyl sites for hydroxylation is 2. The van der Waals surface area contributed by atoms with Gasteiger partial charge in [-0.1, -0.05) is 22.9 Å². The second-order valence-electron chi connectivity index (χ2n) is 4.08. The summed E-state index contributed by atoms with van der Waals surface area (Å²) in [5.74, 6) is -0.0363. The number of hydrogen-bond donors (Lipinski definition) is 1. The average Bonchev–Trinajstić information content (AvgIpc) is 2.77. The summed E-state index contributed by atoms with van der Waals surface area (Å²) in [5.41, 5.74) is 3.79. The van der Waals surface area contributed by atoms with Crippen LogP contribution in [-0.2, 0) is 6.42 Å². The van der Waals surface area contributed by atoms with E-state index in [0.717, 1.165) is 33.3 Å². The van der Waals surface area contributed by atoms with Gasteiger partial charge in [0.05, 0.1) is 5.56 Å². The SMILES string of the molecule is CCc1cc(Br)ccc1NC(=O)c1cscc1C. The van der Waals surface area contributed by atoms with Crippen molar-refractivity contribution in [1.82, 2.24) is 0 Å². The number of amides is 1. The molecule has 0 bridgehead atoms. The van der Waals surface area contributed by atoms with Gasteiger partial charge in [-0.25, -0.2) is 0 Å². The average molecular weight is 324 g/mol. The summed E-state index contributed by atoms with van der Waals surface area (Å²) >= 11 is 4.99. The molecule has 1 aromatic carbocycles. The second-order valence-corrected chi connectivity index (χ2v) is 5.74. The third-order valence-electron chi connectivity index (χ3n) is 2.80. The first-order chi connectivity index (χ1) is 8.61. The summed E-state index contributed by atoms with van der Waals surface area (Å²) in [6, 6.07) is 5.91. The number of anilines is 1. The molecule has 0 aliphatic rings. The topological polar surface area (TPSA) is 29.1 Å². The van der Waals surface area contributed by atoms with Crippen LogP contribution in [0.4, 0.5) is 5.69 Å². The van der Waals surface area contributed by atoms with Crippen LogP contribution in [0.25, 0.3) is 0 Å². The zero-order chi connectivity index (χ0) is 13.1. The van der Waals surface area contributed by atoms with Crippen LogP contribution < -0.4 is 5.32 Å². The number of benzene rings is 1. The van der Waals surface area contributed by atoms with Crippen molar-refractivity contribution in [3.05, 3.63) is 50.1 Å². The minimum Gasteiger partial charge on any atom is -0.322 e. The van der Waals surface area contributed by atoms with Gasteiger partial charge in [-0.15, -0.1) is 0 Å². The van der Waals surface area contributed by atoms with E-state index in [9.17, 15) is 4.79 Å². The van der Waals surface area contributed by atoms with Gasteiger partial charge in [-0.05, 0) is 48.1 Å². The first-order valence-electron chi connectivity index (χ1n) is 5.74. The molecule has 0 unspecified atom stereocenters. The van der Waals surface area contributed by atoms with E-state index in [1.807, 2.05) is 35.9 Å². The smallest absolute Gasteiger partial charge is 0.256 e. The quantitative estimate of drug-likeness (QED) is 0.876. The van der Waals surface area contributed by atoms with E-state index in [2.05, 4.69) is 28.2 Å². The lowest BCUT2D eigenvalue weighted by atomic mass is 10.1. The number of thiophene rings is 1. The Kier molecular flexibility index (Phi) is 4.19. The molecule has 94 valence electrons. The third-order valence-corrected chi connectivity index (χ3v) is 4.15. The molecule has 0 saturated heterocycles. The molecule has 1 aromatic heterocycles. The van der Waals surface area contributed by atoms with Gasteiger partial charge in [-0.2, -0.15) is 11.3 Å². The Balaban J connectivity index is 2.24. The molecular weight excluding hydrogens is 310 g/mol. The molecule has 0 atom stereocenters. The highest BCUT2D eigenvalue weighted by Crippen LogP contribution is 2.23. The van der Waals surface area contributed by atoms with Crippen LogP contribution in [0.5, 0.6) is 0 Å². The summed E-state index contributed by atoms with van der Waals surface area (Å²) in [4.78, 5) is 12.1. The summed E-state index contributed by atoms with van der Waals surface area (Å²) in [6.07, 6.45) is 0.887. The molecule has 1 N–H and O–H groups in total. The van der Waals surface area contributed by atoms with Crippen molar-refractivity contribution in [3.63, 3.8) is 0 Å². The summed E-state index contributed by atoms with van der Waals surface area (Å²) in [6.45, 7) is 4.03. The maximum atomic E-state index is 12.1. The Morgan fingerprint density at radius 2 is 2.17 bits per heavy atom. The van der Waals surface area contributed by atoms with E-state index in [0.29, 0.717) is 0 Å². The minimum atomic E-state index is -0.0363. The van der Waals surface area contributed by atoms with E-state index in [1.54, 1.807) is 11.3 Å². The van der Waals surface area contributed by atoms with Crippen LogP contribution >= 0.6 is 27.3 Å². The third kappa shape index (κ3) is 2.82. The Bertz CT molecular complexity index is 577. The predicted molar refractivity (Wildman–Crippen MR) is 80.5 cm³/mol. The maximum absolute atomic E-state index is 12.1. The van der Waals surface area contributed by atoms with Gasteiger partial charge in [0.2, 0.25) is 0 Å². The normalized spacial score (nSPS) is 10.4. The minimum absolute atomic E-state index is 0.0363. The first-order valence-corrected chi connectivity index (χ1v) is 7.48. The van der Waals surface area contributed by atoms with Crippen LogP contribution in [0.15, 0.2) is 33.4 Å². The van der Waals surface area contributed by atoms with Crippen molar-refractivity contribution < 1.29 is 4.79 Å². The molecule has 18 heavy (non-hydrogen) atoms. The molecule has 4 heteroatoms. The molecule has 0 fully saturated rings. The fraction of sp³-hybridized carbons (Fsp3) is 0.214. The predicted octanol–water partition coefficient (Wildman–Crippen LogP) is 4.63. The molecule has 1 amide bonds. The summed E-state index contributed by atoms with van der Waals surface area (Å²) < 4.78 is 1.03. The Morgan fingerprint density at radius 1 is 1.39 bits per heavy atom. The Labute approximate surface area is 119 Å². The molecule has 2 nitrogen and oxygen atoms in total. The maximum Gasteiger partial charge on any atom is 0.256 e. The van der Waals surface area contributed by atoms with Gasteiger partial charge in [0.1, 0.15) is 0 Å². The first kappa shape index (κ1) is 13.3. The Hall–Kier alpha value is -1.13. The van der Waals surface area contributed by atoms with E-state index in [4.69, 9.17) is 0 Å². The fourth-order valence-electron chi connectivity index (χ4n) is 1.76. The van der Waals surface area contributed by atoms with Crippen molar-refractivity contribution in [2.24, 2.45) is 0 Å². The molecule has 2 rings (SSSR count). The van der Waals surface area contributed by atoms with Crippen LogP contribution in [-0.4, -0.2) is 5.91 Å². The molecular formula is C14H14BrNOS. The molecule has 0 saturated carbocycles. The van der Waals surface area contributed by atoms with Crippen molar-refractivity contribution in [2.75, 3.05) is 5.32 Å². The highest BCUT2D eigenvalue weighted by atomic mass is 79.9. The molecule has 0 aliphatic carbocycles. The monoisotopic (exact) mass is 323 g/mol. The summed E-state index contributed by atoms with van der Waals surface area (Å²) in [7, 11) is 0. The summed E-state index contributed by atoms with van der Waals surface area (Å²) in [5, 5.41) is 6.85. The number of halogens is 1. The van der Waals surface area contributed by atoms with Gasteiger partial charge in [-0.3, -0.25) is 4.79 Å². The molecule has 2 aromatic rings. The standard InChI is InChI=1S/C14H14BrNOS/c1-3-10-6-11(15)4-5-13(10)16-14(17)12-8-18-7-9(12)2/h4-8H,3H2,1-2H3,(H,16,17). The van der Waals surface area contributed by atoms with Crippen molar-refractivity contribution in [1.29, 1.82) is 0 Å². The van der Waals surface area contributed by atoms with Crippen LogP contribution in [0.2, 0.25) is 0 Å². The highest BCUT2D eigenvalue weighted by Gasteiger charge is 2.11. The number of nitrogens with one attached hydrogen (secondary N) is 1.